The highest BCUT2D eigenvalue weighted by atomic mass is 32.1. The van der Waals surface area contributed by atoms with E-state index in [-0.39, 0.29) is 11.7 Å². The van der Waals surface area contributed by atoms with E-state index in [9.17, 15) is 9.18 Å². The first-order valence-corrected chi connectivity index (χ1v) is 8.27. The first-order valence-electron chi connectivity index (χ1n) is 7.86. The van der Waals surface area contributed by atoms with Gasteiger partial charge in [-0.25, -0.2) is 9.07 Å². The van der Waals surface area contributed by atoms with Gasteiger partial charge in [-0.05, 0) is 29.9 Å². The Bertz CT molecular complexity index is 762. The molecule has 1 aromatic carbocycles. The molecule has 0 N–H and O–H groups in total. The van der Waals surface area contributed by atoms with Gasteiger partial charge in [0, 0.05) is 33.2 Å². The minimum Gasteiger partial charge on any atom is -0.340 e. The molecule has 1 aliphatic rings. The summed E-state index contributed by atoms with van der Waals surface area (Å²) in [5.41, 5.74) is 0.837. The average Bonchev–Trinajstić information content (AvgIpc) is 2.90. The van der Waals surface area contributed by atoms with E-state index in [1.807, 2.05) is 11.9 Å². The average molecular weight is 349 g/mol. The number of benzene rings is 1. The van der Waals surface area contributed by atoms with Crippen molar-refractivity contribution in [1.29, 1.82) is 0 Å². The Kier molecular flexibility index (Phi) is 5.06. The first-order chi connectivity index (χ1) is 11.5. The molecule has 0 aliphatic carbocycles. The van der Waals surface area contributed by atoms with Crippen LogP contribution in [0.25, 0.3) is 0 Å². The number of carbonyl (C=O) groups is 1. The Labute approximate surface area is 145 Å². The summed E-state index contributed by atoms with van der Waals surface area (Å²) < 4.78 is 17.2. The van der Waals surface area contributed by atoms with Crippen LogP contribution in [0.15, 0.2) is 30.6 Å². The molecule has 0 bridgehead atoms. The van der Waals surface area contributed by atoms with Crippen LogP contribution in [0.5, 0.6) is 0 Å². The van der Waals surface area contributed by atoms with Crippen LogP contribution in [0.2, 0.25) is 0 Å². The molecular weight excluding hydrogens is 329 g/mol. The fourth-order valence-electron chi connectivity index (χ4n) is 2.73. The monoisotopic (exact) mass is 349 g/mol. The maximum absolute atomic E-state index is 12.9. The van der Waals surface area contributed by atoms with Gasteiger partial charge in [-0.3, -0.25) is 9.69 Å². The summed E-state index contributed by atoms with van der Waals surface area (Å²) in [7, 11) is 1.87. The van der Waals surface area contributed by atoms with Gasteiger partial charge >= 0.3 is 0 Å². The lowest BCUT2D eigenvalue weighted by Gasteiger charge is -2.34. The molecule has 1 aliphatic heterocycles. The zero-order valence-corrected chi connectivity index (χ0v) is 14.4. The van der Waals surface area contributed by atoms with Crippen LogP contribution in [0.3, 0.4) is 0 Å². The van der Waals surface area contributed by atoms with Crippen molar-refractivity contribution in [3.8, 4) is 0 Å². The van der Waals surface area contributed by atoms with E-state index in [2.05, 4.69) is 10.00 Å². The van der Waals surface area contributed by atoms with E-state index >= 15 is 0 Å². The molecule has 1 aromatic heterocycles. The lowest BCUT2D eigenvalue weighted by atomic mass is 10.1. The molecule has 8 heteroatoms. The summed E-state index contributed by atoms with van der Waals surface area (Å²) in [4.78, 5) is 16.4. The van der Waals surface area contributed by atoms with Crippen LogP contribution in [0, 0.1) is 10.6 Å². The van der Waals surface area contributed by atoms with Crippen LogP contribution >= 0.6 is 12.2 Å². The van der Waals surface area contributed by atoms with Crippen LogP contribution in [0.4, 0.5) is 4.39 Å². The van der Waals surface area contributed by atoms with Crippen molar-refractivity contribution in [2.24, 2.45) is 7.05 Å². The summed E-state index contributed by atoms with van der Waals surface area (Å²) >= 11 is 5.29. The van der Waals surface area contributed by atoms with Gasteiger partial charge in [0.1, 0.15) is 12.1 Å². The Morgan fingerprint density at radius 1 is 1.21 bits per heavy atom. The van der Waals surface area contributed by atoms with Gasteiger partial charge in [-0.2, -0.15) is 5.10 Å². The zero-order valence-electron chi connectivity index (χ0n) is 13.6. The van der Waals surface area contributed by atoms with Crippen LogP contribution < -0.4 is 0 Å². The fraction of sp³-hybridized carbons (Fsp3) is 0.438. The zero-order chi connectivity index (χ0) is 17.1. The lowest BCUT2D eigenvalue weighted by Crippen LogP contribution is -2.49. The Hall–Kier alpha value is -2.06. The van der Waals surface area contributed by atoms with E-state index in [4.69, 9.17) is 12.2 Å². The number of halogens is 1. The van der Waals surface area contributed by atoms with Crippen molar-refractivity contribution in [3.63, 3.8) is 0 Å². The van der Waals surface area contributed by atoms with Crippen molar-refractivity contribution < 1.29 is 9.18 Å². The third-order valence-corrected chi connectivity index (χ3v) is 4.71. The van der Waals surface area contributed by atoms with E-state index < -0.39 is 0 Å². The normalized spacial score (nSPS) is 15.7. The second-order valence-corrected chi connectivity index (χ2v) is 6.33. The highest BCUT2D eigenvalue weighted by Gasteiger charge is 2.21. The first kappa shape index (κ1) is 16.8. The number of aromatic nitrogens is 3. The van der Waals surface area contributed by atoms with Gasteiger partial charge in [0.05, 0.1) is 13.1 Å². The van der Waals surface area contributed by atoms with Crippen molar-refractivity contribution in [1.82, 2.24) is 24.1 Å². The van der Waals surface area contributed by atoms with Crippen molar-refractivity contribution >= 4 is 18.1 Å². The predicted molar refractivity (Wildman–Crippen MR) is 90.3 cm³/mol. The van der Waals surface area contributed by atoms with Crippen molar-refractivity contribution in [2.45, 2.75) is 13.1 Å². The molecule has 3 rings (SSSR count). The molecule has 0 atom stereocenters. The summed E-state index contributed by atoms with van der Waals surface area (Å²) in [5.74, 6) is -0.205. The van der Waals surface area contributed by atoms with E-state index in [0.717, 1.165) is 18.7 Å². The predicted octanol–water partition coefficient (Wildman–Crippen LogP) is 1.43. The molecule has 2 heterocycles. The van der Waals surface area contributed by atoms with Crippen LogP contribution in [0.1, 0.15) is 5.56 Å². The van der Waals surface area contributed by atoms with E-state index in [0.29, 0.717) is 31.0 Å². The third-order valence-electron chi connectivity index (χ3n) is 4.21. The van der Waals surface area contributed by atoms with Gasteiger partial charge in [0.15, 0.2) is 4.77 Å². The van der Waals surface area contributed by atoms with E-state index in [1.54, 1.807) is 27.7 Å². The molecule has 0 saturated carbocycles. The Morgan fingerprint density at radius 3 is 2.46 bits per heavy atom. The summed E-state index contributed by atoms with van der Waals surface area (Å²) in [6.45, 7) is 3.57. The molecular formula is C16H20FN5OS. The van der Waals surface area contributed by atoms with Crippen molar-refractivity contribution in [2.75, 3.05) is 26.2 Å². The number of carbonyl (C=O) groups excluding carboxylic acids is 1. The fourth-order valence-corrected chi connectivity index (χ4v) is 2.89. The number of aryl methyl sites for hydroxylation is 1. The standard InChI is InChI=1S/C16H20FN5OS/c1-19-11-18-22(16(19)24)12-20-6-8-21(9-7-20)15(23)10-13-2-4-14(17)5-3-13/h2-5,11H,6-10,12H2,1H3. The summed E-state index contributed by atoms with van der Waals surface area (Å²) in [6, 6.07) is 6.09. The topological polar surface area (TPSA) is 46.3 Å². The third kappa shape index (κ3) is 3.88. The molecule has 0 radical (unpaired) electrons. The lowest BCUT2D eigenvalue weighted by molar-refractivity contribution is -0.132. The molecule has 24 heavy (non-hydrogen) atoms. The second-order valence-electron chi connectivity index (χ2n) is 5.97. The Morgan fingerprint density at radius 2 is 1.88 bits per heavy atom. The highest BCUT2D eigenvalue weighted by Crippen LogP contribution is 2.09. The minimum atomic E-state index is -0.284. The number of hydrogen-bond acceptors (Lipinski definition) is 4. The number of nitrogens with zero attached hydrogens (tertiary/aromatic N) is 5. The van der Waals surface area contributed by atoms with Gasteiger partial charge in [0.2, 0.25) is 5.91 Å². The molecule has 0 unspecified atom stereocenters. The van der Waals surface area contributed by atoms with Crippen LogP contribution in [-0.2, 0) is 24.9 Å². The summed E-state index contributed by atoms with van der Waals surface area (Å²) in [5, 5.41) is 4.25. The molecule has 0 spiro atoms. The molecule has 6 nitrogen and oxygen atoms in total. The van der Waals surface area contributed by atoms with Gasteiger partial charge < -0.3 is 9.47 Å². The maximum Gasteiger partial charge on any atom is 0.227 e. The number of amides is 1. The van der Waals surface area contributed by atoms with Gasteiger partial charge in [-0.15, -0.1) is 0 Å². The van der Waals surface area contributed by atoms with Gasteiger partial charge in [-0.1, -0.05) is 12.1 Å². The number of hydrogen-bond donors (Lipinski definition) is 0. The number of rotatable bonds is 4. The Balaban J connectivity index is 1.51. The smallest absolute Gasteiger partial charge is 0.227 e. The SMILES string of the molecule is Cn1cnn(CN2CCN(C(=O)Cc3ccc(F)cc3)CC2)c1=S. The largest absolute Gasteiger partial charge is 0.340 e. The summed E-state index contributed by atoms with van der Waals surface area (Å²) in [6.07, 6.45) is 2.01. The minimum absolute atomic E-state index is 0.0794. The van der Waals surface area contributed by atoms with Crippen LogP contribution in [-0.4, -0.2) is 56.2 Å². The maximum atomic E-state index is 12.9. The highest BCUT2D eigenvalue weighted by molar-refractivity contribution is 7.71. The molecule has 1 amide bonds. The molecule has 2 aromatic rings. The van der Waals surface area contributed by atoms with Gasteiger partial charge in [0.25, 0.3) is 0 Å². The molecule has 1 fully saturated rings. The second kappa shape index (κ2) is 7.23. The molecule has 1 saturated heterocycles. The number of piperazine rings is 1. The molecule has 128 valence electrons. The quantitative estimate of drug-likeness (QED) is 0.784. The van der Waals surface area contributed by atoms with E-state index in [1.165, 1.54) is 12.1 Å². The van der Waals surface area contributed by atoms with Crippen molar-refractivity contribution in [3.05, 3.63) is 46.7 Å².